The summed E-state index contributed by atoms with van der Waals surface area (Å²) in [6, 6.07) is 10.0. The van der Waals surface area contributed by atoms with Crippen molar-refractivity contribution in [3.05, 3.63) is 83.9 Å². The third kappa shape index (κ3) is 5.57. The molecule has 2 aromatic rings. The van der Waals surface area contributed by atoms with Crippen molar-refractivity contribution < 1.29 is 23.2 Å². The Bertz CT molecular complexity index is 986. The van der Waals surface area contributed by atoms with Gasteiger partial charge in [-0.25, -0.2) is 8.78 Å². The lowest BCUT2D eigenvalue weighted by molar-refractivity contribution is -0.124. The van der Waals surface area contributed by atoms with Crippen LogP contribution in [0.1, 0.15) is 33.6 Å². The average molecular weight is 441 g/mol. The number of carbonyl (C=O) groups excluding carboxylic acids is 3. The molecule has 1 aliphatic rings. The molecule has 3 amide bonds. The van der Waals surface area contributed by atoms with Gasteiger partial charge in [0, 0.05) is 25.2 Å². The van der Waals surface area contributed by atoms with Crippen LogP contribution in [0.25, 0.3) is 0 Å². The number of benzene rings is 2. The molecule has 1 saturated heterocycles. The molecule has 0 aliphatic carbocycles. The molecule has 1 aliphatic heterocycles. The maximum Gasteiger partial charge on any atom is 0.256 e. The van der Waals surface area contributed by atoms with Crippen molar-refractivity contribution in [3.63, 3.8) is 0 Å². The average Bonchev–Trinajstić information content (AvgIpc) is 2.81. The Labute approximate surface area is 185 Å². The number of nitrogens with zero attached hydrogens (tertiary/aromatic N) is 1. The van der Waals surface area contributed by atoms with Crippen LogP contribution in [0.5, 0.6) is 0 Å². The predicted octanol–water partition coefficient (Wildman–Crippen LogP) is 2.92. The van der Waals surface area contributed by atoms with Crippen LogP contribution in [0.2, 0.25) is 0 Å². The Morgan fingerprint density at radius 1 is 1.06 bits per heavy atom. The second-order valence-electron chi connectivity index (χ2n) is 7.60. The van der Waals surface area contributed by atoms with Crippen LogP contribution in [0.4, 0.5) is 8.78 Å². The van der Waals surface area contributed by atoms with Crippen LogP contribution in [-0.4, -0.2) is 48.3 Å². The van der Waals surface area contributed by atoms with Gasteiger partial charge in [-0.2, -0.15) is 0 Å². The minimum Gasteiger partial charge on any atom is -0.351 e. The molecule has 0 spiro atoms. The molecule has 0 bridgehead atoms. The van der Waals surface area contributed by atoms with E-state index in [1.54, 1.807) is 11.0 Å². The molecule has 1 atom stereocenters. The van der Waals surface area contributed by atoms with E-state index in [2.05, 4.69) is 17.2 Å². The minimum absolute atomic E-state index is 0.0100. The Hall–Kier alpha value is -3.55. The molecule has 32 heavy (non-hydrogen) atoms. The maximum atomic E-state index is 14.0. The van der Waals surface area contributed by atoms with E-state index in [1.165, 1.54) is 48.5 Å². The molecule has 0 aromatic heterocycles. The first kappa shape index (κ1) is 23.1. The minimum atomic E-state index is -0.835. The van der Waals surface area contributed by atoms with Crippen LogP contribution in [0, 0.1) is 17.6 Å². The van der Waals surface area contributed by atoms with E-state index in [-0.39, 0.29) is 29.5 Å². The zero-order chi connectivity index (χ0) is 23.1. The first-order valence-electron chi connectivity index (χ1n) is 10.4. The van der Waals surface area contributed by atoms with Gasteiger partial charge in [-0.1, -0.05) is 18.2 Å². The Kier molecular flexibility index (Phi) is 7.70. The molecule has 2 N–H and O–H groups in total. The van der Waals surface area contributed by atoms with Crippen LogP contribution in [0.15, 0.2) is 61.2 Å². The summed E-state index contributed by atoms with van der Waals surface area (Å²) in [6.07, 6.45) is 2.44. The van der Waals surface area contributed by atoms with Gasteiger partial charge in [0.2, 0.25) is 5.91 Å². The van der Waals surface area contributed by atoms with E-state index in [9.17, 15) is 23.2 Å². The van der Waals surface area contributed by atoms with E-state index < -0.39 is 29.5 Å². The number of likely N-dealkylation sites (tertiary alicyclic amines) is 1. The highest BCUT2D eigenvalue weighted by molar-refractivity contribution is 5.97. The third-order valence-electron chi connectivity index (χ3n) is 5.50. The van der Waals surface area contributed by atoms with E-state index >= 15 is 0 Å². The summed E-state index contributed by atoms with van der Waals surface area (Å²) in [5, 5.41) is 5.45. The summed E-state index contributed by atoms with van der Waals surface area (Å²) >= 11 is 0. The second-order valence-corrected chi connectivity index (χ2v) is 7.60. The molecule has 0 saturated carbocycles. The lowest BCUT2D eigenvalue weighted by Gasteiger charge is -2.35. The van der Waals surface area contributed by atoms with E-state index in [4.69, 9.17) is 0 Å². The predicted molar refractivity (Wildman–Crippen MR) is 116 cm³/mol. The highest BCUT2D eigenvalue weighted by Gasteiger charge is 2.34. The summed E-state index contributed by atoms with van der Waals surface area (Å²) in [7, 11) is 0. The van der Waals surface area contributed by atoms with Crippen LogP contribution >= 0.6 is 0 Å². The first-order chi connectivity index (χ1) is 15.4. The number of hydrogen-bond donors (Lipinski definition) is 2. The normalized spacial score (nSPS) is 15.0. The molecule has 0 radical (unpaired) electrons. The smallest absolute Gasteiger partial charge is 0.256 e. The molecule has 8 heteroatoms. The van der Waals surface area contributed by atoms with Crippen molar-refractivity contribution in [2.75, 3.05) is 19.6 Å². The number of nitrogens with one attached hydrogen (secondary N) is 2. The van der Waals surface area contributed by atoms with Gasteiger partial charge in [0.25, 0.3) is 11.8 Å². The Morgan fingerprint density at radius 3 is 2.34 bits per heavy atom. The summed E-state index contributed by atoms with van der Waals surface area (Å²) < 4.78 is 27.1. The second kappa shape index (κ2) is 10.7. The largest absolute Gasteiger partial charge is 0.351 e. The number of halogens is 2. The van der Waals surface area contributed by atoms with Gasteiger partial charge >= 0.3 is 0 Å². The van der Waals surface area contributed by atoms with Crippen molar-refractivity contribution in [3.8, 4) is 0 Å². The molecule has 0 unspecified atom stereocenters. The van der Waals surface area contributed by atoms with Crippen molar-refractivity contribution in [2.24, 2.45) is 5.92 Å². The van der Waals surface area contributed by atoms with Gasteiger partial charge in [0.15, 0.2) is 0 Å². The van der Waals surface area contributed by atoms with E-state index in [0.717, 1.165) is 0 Å². The topological polar surface area (TPSA) is 78.5 Å². The van der Waals surface area contributed by atoms with Crippen molar-refractivity contribution in [2.45, 2.75) is 18.9 Å². The fourth-order valence-electron chi connectivity index (χ4n) is 3.75. The van der Waals surface area contributed by atoms with Gasteiger partial charge in [-0.15, -0.1) is 6.58 Å². The summed E-state index contributed by atoms with van der Waals surface area (Å²) in [5.74, 6) is -2.52. The van der Waals surface area contributed by atoms with Gasteiger partial charge < -0.3 is 15.5 Å². The molecule has 2 aromatic carbocycles. The molecule has 3 rings (SSSR count). The van der Waals surface area contributed by atoms with Gasteiger partial charge in [-0.3, -0.25) is 14.4 Å². The zero-order valence-electron chi connectivity index (χ0n) is 17.5. The van der Waals surface area contributed by atoms with Crippen molar-refractivity contribution in [1.29, 1.82) is 0 Å². The molecular formula is C24H25F2N3O3. The zero-order valence-corrected chi connectivity index (χ0v) is 17.5. The lowest BCUT2D eigenvalue weighted by Crippen LogP contribution is -2.53. The molecule has 1 heterocycles. The highest BCUT2D eigenvalue weighted by atomic mass is 19.1. The number of carbonyl (C=O) groups is 3. The fraction of sp³-hybridized carbons (Fsp3) is 0.292. The third-order valence-corrected chi connectivity index (χ3v) is 5.50. The van der Waals surface area contributed by atoms with Crippen molar-refractivity contribution in [1.82, 2.24) is 15.5 Å². The van der Waals surface area contributed by atoms with Gasteiger partial charge in [0.05, 0.1) is 5.56 Å². The first-order valence-corrected chi connectivity index (χ1v) is 10.4. The quantitative estimate of drug-likeness (QED) is 0.649. The Morgan fingerprint density at radius 2 is 1.72 bits per heavy atom. The van der Waals surface area contributed by atoms with Gasteiger partial charge in [-0.05, 0) is 55.2 Å². The SMILES string of the molecule is C=CCNC(=O)[C@H](NC(=O)c1ccc(F)cc1)C1CCN(C(=O)c2ccccc2F)CC1. The highest BCUT2D eigenvalue weighted by Crippen LogP contribution is 2.23. The van der Waals surface area contributed by atoms with Crippen LogP contribution < -0.4 is 10.6 Å². The van der Waals surface area contributed by atoms with Crippen LogP contribution in [0.3, 0.4) is 0 Å². The number of hydrogen-bond acceptors (Lipinski definition) is 3. The molecule has 1 fully saturated rings. The maximum absolute atomic E-state index is 14.0. The lowest BCUT2D eigenvalue weighted by atomic mass is 9.88. The van der Waals surface area contributed by atoms with Crippen LogP contribution in [-0.2, 0) is 4.79 Å². The van der Waals surface area contributed by atoms with Gasteiger partial charge in [0.1, 0.15) is 17.7 Å². The molecule has 168 valence electrons. The number of amides is 3. The summed E-state index contributed by atoms with van der Waals surface area (Å²) in [4.78, 5) is 39.6. The van der Waals surface area contributed by atoms with Crippen molar-refractivity contribution >= 4 is 17.7 Å². The summed E-state index contributed by atoms with van der Waals surface area (Å²) in [5.41, 5.74) is 0.246. The van der Waals surface area contributed by atoms with E-state index in [0.29, 0.717) is 25.9 Å². The van der Waals surface area contributed by atoms with E-state index in [1.807, 2.05) is 0 Å². The monoisotopic (exact) mass is 441 g/mol. The number of piperidine rings is 1. The molecular weight excluding hydrogens is 416 g/mol. The molecule has 6 nitrogen and oxygen atoms in total. The summed E-state index contributed by atoms with van der Waals surface area (Å²) in [6.45, 7) is 4.47. The Balaban J connectivity index is 1.69. The fourth-order valence-corrected chi connectivity index (χ4v) is 3.75. The number of rotatable bonds is 7. The standard InChI is InChI=1S/C24H25F2N3O3/c1-2-13-27-23(31)21(28-22(30)17-7-9-18(25)10-8-17)16-11-14-29(15-12-16)24(32)19-5-3-4-6-20(19)26/h2-10,16,21H,1,11-15H2,(H,27,31)(H,28,30)/t21-/m1/s1.